The van der Waals surface area contributed by atoms with Crippen LogP contribution < -0.4 is 4.70 Å². The first-order valence-electron chi connectivity index (χ1n) is 14.1. The van der Waals surface area contributed by atoms with E-state index in [-0.39, 0.29) is 32.2 Å². The summed E-state index contributed by atoms with van der Waals surface area (Å²) < 4.78 is 29.0. The molecule has 43 heavy (non-hydrogen) atoms. The molecule has 0 unspecified atom stereocenters. The van der Waals surface area contributed by atoms with Crippen molar-refractivity contribution in [2.45, 2.75) is 125 Å². The number of hydrogen-bond acceptors (Lipinski definition) is 3. The monoisotopic (exact) mass is 802 g/mol. The van der Waals surface area contributed by atoms with Crippen LogP contribution in [-0.2, 0) is 34.5 Å². The van der Waals surface area contributed by atoms with Crippen molar-refractivity contribution < 1.29 is 52.1 Å². The van der Waals surface area contributed by atoms with Crippen LogP contribution in [0.25, 0.3) is 0 Å². The zero-order valence-corrected chi connectivity index (χ0v) is 33.2. The van der Waals surface area contributed by atoms with Gasteiger partial charge in [0, 0.05) is 20.1 Å². The Balaban J connectivity index is -0.0000000879. The number of halogens is 4. The first kappa shape index (κ1) is 58.0. The van der Waals surface area contributed by atoms with Gasteiger partial charge >= 0.3 is 7.54 Å². The Hall–Kier alpha value is -0.556. The van der Waals surface area contributed by atoms with Gasteiger partial charge in [-0.1, -0.05) is 125 Å². The molecule has 2 rings (SSSR count). The summed E-state index contributed by atoms with van der Waals surface area (Å²) in [4.78, 5) is 23.2. The molecule has 0 spiro atoms. The zero-order chi connectivity index (χ0) is 34.0. The van der Waals surface area contributed by atoms with E-state index in [1.54, 1.807) is 0 Å². The summed E-state index contributed by atoms with van der Waals surface area (Å²) >= 11 is 0. The van der Waals surface area contributed by atoms with Crippen LogP contribution in [0.3, 0.4) is 0 Å². The van der Waals surface area contributed by atoms with Crippen LogP contribution in [0.4, 0.5) is 12.9 Å². The Morgan fingerprint density at radius 2 is 0.419 bits per heavy atom. The van der Waals surface area contributed by atoms with Crippen molar-refractivity contribution in [3.8, 4) is 0 Å². The van der Waals surface area contributed by atoms with Crippen LogP contribution in [0.2, 0.25) is 0 Å². The second-order valence-corrected chi connectivity index (χ2v) is 17.6. The van der Waals surface area contributed by atoms with Gasteiger partial charge in [-0.15, -0.1) is 0 Å². The second kappa shape index (κ2) is 21.3. The molecule has 2 aliphatic carbocycles. The topological polar surface area (TPSA) is 51.2 Å². The fourth-order valence-electron chi connectivity index (χ4n) is 7.09. The van der Waals surface area contributed by atoms with Crippen LogP contribution in [0, 0.1) is 75.4 Å². The van der Waals surface area contributed by atoms with Gasteiger partial charge in [0.1, 0.15) is 0 Å². The summed E-state index contributed by atoms with van der Waals surface area (Å²) in [6.45, 7) is 53.0. The minimum atomic E-state index is -3.67. The number of carbonyl (C=O) groups excluding carboxylic acids is 3. The molecule has 0 aromatic rings. The van der Waals surface area contributed by atoms with Crippen molar-refractivity contribution in [1.82, 2.24) is 0 Å². The van der Waals surface area contributed by atoms with Gasteiger partial charge in [-0.05, 0) is 68.0 Å². The van der Waals surface area contributed by atoms with Crippen LogP contribution >= 0.6 is 0 Å². The normalized spacial score (nSPS) is 23.9. The molecule has 1 radical (unpaired) electrons. The quantitative estimate of drug-likeness (QED) is 0.111. The zero-order valence-electron chi connectivity index (χ0n) is 30.8. The summed E-state index contributed by atoms with van der Waals surface area (Å²) in [5, 5.41) is 0. The third-order valence-electron chi connectivity index (χ3n) is 8.04. The van der Waals surface area contributed by atoms with Gasteiger partial charge in [-0.3, -0.25) is 33.3 Å². The summed E-state index contributed by atoms with van der Waals surface area (Å²) in [5.74, 6) is 5.40. The Kier molecular flexibility index (Phi) is 28.7. The molecule has 2 saturated carbocycles. The maximum absolute atomic E-state index is 9.67. The van der Waals surface area contributed by atoms with Crippen molar-refractivity contribution in [2.75, 3.05) is 0 Å². The van der Waals surface area contributed by atoms with Gasteiger partial charge in [-0.2, -0.15) is 0 Å². The maximum atomic E-state index is 9.67. The van der Waals surface area contributed by atoms with Crippen molar-refractivity contribution in [2.24, 2.45) is 68.0 Å². The average Bonchev–Trinajstić information content (AvgIpc) is 3.60. The Labute approximate surface area is 279 Å². The van der Waals surface area contributed by atoms with Crippen molar-refractivity contribution in [1.29, 1.82) is 0 Å². The van der Waals surface area contributed by atoms with Gasteiger partial charge in [0.2, 0.25) is 0 Å². The minimum absolute atomic E-state index is 0. The summed E-state index contributed by atoms with van der Waals surface area (Å²) in [6, 6.07) is 0. The molecular weight excluding hydrogens is 735 g/mol. The van der Waals surface area contributed by atoms with Gasteiger partial charge in [-0.25, -0.2) is 0 Å². The molecule has 0 aliphatic heterocycles. The van der Waals surface area contributed by atoms with Crippen LogP contribution in [0.1, 0.15) is 125 Å². The third kappa shape index (κ3) is 21.0. The fraction of sp³-hybridized carbons (Fsp3) is 0.882. The first-order chi connectivity index (χ1) is 17.5. The molecule has 0 amide bonds. The smallest absolute Gasteiger partial charge is 0.762 e. The molecule has 0 bridgehead atoms. The van der Waals surface area contributed by atoms with E-state index in [1.165, 1.54) is 0 Å². The van der Waals surface area contributed by atoms with E-state index in [0.717, 1.165) is 35.5 Å². The predicted molar refractivity (Wildman–Crippen MR) is 173 cm³/mol. The third-order valence-corrected chi connectivity index (χ3v) is 8.04. The van der Waals surface area contributed by atoms with E-state index in [0.29, 0.717) is 32.5 Å². The summed E-state index contributed by atoms with van der Waals surface area (Å²) in [5.41, 5.74) is 2.81. The summed E-state index contributed by atoms with van der Waals surface area (Å²) in [7, 11) is -3.67. The predicted octanol–water partition coefficient (Wildman–Crippen LogP) is 7.48. The molecule has 0 heterocycles. The Morgan fingerprint density at radius 3 is 0.442 bits per heavy atom. The molecule has 2 fully saturated rings. The molecule has 0 aromatic carbocycles. The molecule has 0 saturated heterocycles. The van der Waals surface area contributed by atoms with Crippen LogP contribution in [0.5, 0.6) is 0 Å². The second-order valence-electron chi connectivity index (χ2n) is 17.6. The van der Waals surface area contributed by atoms with Gasteiger partial charge in [0.15, 0.2) is 0 Å². The van der Waals surface area contributed by atoms with Gasteiger partial charge < -0.3 is 26.5 Å². The summed E-state index contributed by atoms with van der Waals surface area (Å²) in [6.07, 6.45) is 0. The standard InChI is InChI=1S/2C15H30.3CHO.CH3.BF3.FH.Ir/c2*1-13(2,3)10-11(14(4,5)6)12(10)15(7,8)9;3*1-2;;2-1(3)4;;/h2*10-12H,1-9H3;3*1H;1H3;;1H;/q;;4*-1;;;/p-1. The van der Waals surface area contributed by atoms with Crippen molar-refractivity contribution >= 4 is 27.9 Å². The van der Waals surface area contributed by atoms with Crippen LogP contribution in [0.15, 0.2) is 0 Å². The van der Waals surface area contributed by atoms with Crippen molar-refractivity contribution in [3.05, 3.63) is 7.43 Å². The van der Waals surface area contributed by atoms with Crippen molar-refractivity contribution in [3.63, 3.8) is 0 Å². The van der Waals surface area contributed by atoms with E-state index < -0.39 is 7.54 Å². The molecule has 2 aliphatic rings. The SMILES string of the molecule is CC(C)(C)C1C(C(C)(C)C)C1C(C)(C)C.CC(C)(C)C1C(C(C)(C)C)C1C(C)(C)C.FB(F)F.[CH-]=O.[CH-]=O.[CH-]=O.[CH3-].[F-].[Ir]. The molecule has 265 valence electrons. The minimum Gasteiger partial charge on any atom is -1.00 e. The van der Waals surface area contributed by atoms with Crippen LogP contribution in [-0.4, -0.2) is 27.9 Å². The molecule has 3 nitrogen and oxygen atoms in total. The van der Waals surface area contributed by atoms with E-state index in [4.69, 9.17) is 14.4 Å². The largest absolute Gasteiger partial charge is 1.00 e. The number of rotatable bonds is 0. The average molecular weight is 802 g/mol. The molecule has 0 atom stereocenters. The van der Waals surface area contributed by atoms with E-state index >= 15 is 0 Å². The Bertz CT molecular complexity index is 538. The Morgan fingerprint density at radius 1 is 0.372 bits per heavy atom. The van der Waals surface area contributed by atoms with E-state index in [9.17, 15) is 12.9 Å². The fourth-order valence-corrected chi connectivity index (χ4v) is 7.09. The maximum Gasteiger partial charge on any atom is 0.762 e. The van der Waals surface area contributed by atoms with E-state index in [2.05, 4.69) is 145 Å². The molecule has 0 aromatic heterocycles. The van der Waals surface area contributed by atoms with E-state index in [1.807, 2.05) is 0 Å². The molecular formula is C34H66BF4IrO3-5. The van der Waals surface area contributed by atoms with Gasteiger partial charge in [0.05, 0.1) is 0 Å². The molecule has 0 N–H and O–H groups in total. The molecule has 9 heteroatoms. The first-order valence-corrected chi connectivity index (χ1v) is 14.1. The number of hydrogen-bond donors (Lipinski definition) is 0. The van der Waals surface area contributed by atoms with Gasteiger partial charge in [0.25, 0.3) is 0 Å².